The second-order valence-electron chi connectivity index (χ2n) is 5.10. The average molecular weight is 246 g/mol. The van der Waals surface area contributed by atoms with Gasteiger partial charge in [-0.25, -0.2) is 4.98 Å². The van der Waals surface area contributed by atoms with Gasteiger partial charge in [0.15, 0.2) is 5.16 Å². The van der Waals surface area contributed by atoms with E-state index in [1.165, 1.54) is 29.3 Å². The summed E-state index contributed by atoms with van der Waals surface area (Å²) in [6, 6.07) is 8.91. The summed E-state index contributed by atoms with van der Waals surface area (Å²) in [5, 5.41) is 1.19. The van der Waals surface area contributed by atoms with Gasteiger partial charge >= 0.3 is 0 Å². The number of fused-ring (bicyclic) bond motifs is 1. The summed E-state index contributed by atoms with van der Waals surface area (Å²) in [4.78, 5) is 4.76. The Morgan fingerprint density at radius 3 is 2.82 bits per heavy atom. The van der Waals surface area contributed by atoms with E-state index >= 15 is 0 Å². The van der Waals surface area contributed by atoms with Gasteiger partial charge in [-0.1, -0.05) is 23.9 Å². The zero-order valence-electron chi connectivity index (χ0n) is 10.4. The third-order valence-electron chi connectivity index (χ3n) is 3.22. The molecule has 0 spiro atoms. The van der Waals surface area contributed by atoms with Crippen molar-refractivity contribution in [1.29, 1.82) is 0 Å². The summed E-state index contributed by atoms with van der Waals surface area (Å²) in [5.74, 6) is 2.18. The Labute approximate surface area is 106 Å². The number of para-hydroxylation sites is 2. The largest absolute Gasteiger partial charge is 0.316 e. The second kappa shape index (κ2) is 4.37. The van der Waals surface area contributed by atoms with Crippen molar-refractivity contribution in [2.75, 3.05) is 5.75 Å². The van der Waals surface area contributed by atoms with Crippen molar-refractivity contribution in [2.45, 2.75) is 37.9 Å². The Kier molecular flexibility index (Phi) is 2.87. The van der Waals surface area contributed by atoms with Crippen LogP contribution in [0.5, 0.6) is 0 Å². The molecule has 1 fully saturated rings. The van der Waals surface area contributed by atoms with Crippen LogP contribution in [0.3, 0.4) is 0 Å². The van der Waals surface area contributed by atoms with Gasteiger partial charge < -0.3 is 4.57 Å². The van der Waals surface area contributed by atoms with Crippen molar-refractivity contribution >= 4 is 22.8 Å². The quantitative estimate of drug-likeness (QED) is 0.755. The van der Waals surface area contributed by atoms with Crippen molar-refractivity contribution in [3.8, 4) is 0 Å². The normalized spacial score (nSPS) is 15.9. The van der Waals surface area contributed by atoms with E-state index in [0.717, 1.165) is 11.4 Å². The molecule has 2 aromatic rings. The highest BCUT2D eigenvalue weighted by molar-refractivity contribution is 7.99. The standard InChI is InChI=1S/C14H18N2S/c1-10(2)16-13-6-4-3-5-12(13)15-14(16)17-9-11-7-8-11/h3-6,10-11H,7-9H2,1-2H3. The molecular formula is C14H18N2S. The summed E-state index contributed by atoms with van der Waals surface area (Å²) in [6.45, 7) is 4.46. The zero-order chi connectivity index (χ0) is 11.8. The van der Waals surface area contributed by atoms with Gasteiger partial charge in [0.05, 0.1) is 11.0 Å². The number of thioether (sulfide) groups is 1. The van der Waals surface area contributed by atoms with Crippen LogP contribution in [0.15, 0.2) is 29.4 Å². The number of hydrogen-bond donors (Lipinski definition) is 0. The van der Waals surface area contributed by atoms with Crippen LogP contribution in [0.2, 0.25) is 0 Å². The SMILES string of the molecule is CC(C)n1c(SCC2CC2)nc2ccccc21. The summed E-state index contributed by atoms with van der Waals surface area (Å²) in [6.07, 6.45) is 2.82. The Bertz CT molecular complexity index is 526. The third-order valence-corrected chi connectivity index (χ3v) is 4.41. The minimum atomic E-state index is 0.476. The van der Waals surface area contributed by atoms with E-state index in [4.69, 9.17) is 4.98 Å². The van der Waals surface area contributed by atoms with Gasteiger partial charge in [-0.15, -0.1) is 0 Å². The van der Waals surface area contributed by atoms with Crippen LogP contribution < -0.4 is 0 Å². The molecule has 0 N–H and O–H groups in total. The molecule has 0 amide bonds. The molecular weight excluding hydrogens is 228 g/mol. The minimum Gasteiger partial charge on any atom is -0.316 e. The first-order valence-electron chi connectivity index (χ1n) is 6.35. The van der Waals surface area contributed by atoms with Crippen molar-refractivity contribution < 1.29 is 0 Å². The number of imidazole rings is 1. The molecule has 17 heavy (non-hydrogen) atoms. The van der Waals surface area contributed by atoms with Crippen molar-refractivity contribution in [2.24, 2.45) is 5.92 Å². The van der Waals surface area contributed by atoms with E-state index in [2.05, 4.69) is 42.7 Å². The molecule has 90 valence electrons. The van der Waals surface area contributed by atoms with Crippen molar-refractivity contribution in [3.05, 3.63) is 24.3 Å². The van der Waals surface area contributed by atoms with E-state index < -0.39 is 0 Å². The van der Waals surface area contributed by atoms with Crippen LogP contribution in [0.4, 0.5) is 0 Å². The smallest absolute Gasteiger partial charge is 0.169 e. The van der Waals surface area contributed by atoms with E-state index in [-0.39, 0.29) is 0 Å². The fourth-order valence-corrected chi connectivity index (χ4v) is 3.43. The predicted octanol–water partition coefficient (Wildman–Crippen LogP) is 4.12. The first-order valence-corrected chi connectivity index (χ1v) is 7.34. The zero-order valence-corrected chi connectivity index (χ0v) is 11.2. The van der Waals surface area contributed by atoms with Gasteiger partial charge in [0, 0.05) is 11.8 Å². The molecule has 0 aliphatic heterocycles. The Hall–Kier alpha value is -0.960. The molecule has 1 aromatic heterocycles. The van der Waals surface area contributed by atoms with Gasteiger partial charge in [-0.2, -0.15) is 0 Å². The molecule has 0 saturated heterocycles. The van der Waals surface area contributed by atoms with Crippen LogP contribution in [-0.2, 0) is 0 Å². The predicted molar refractivity (Wildman–Crippen MR) is 73.6 cm³/mol. The van der Waals surface area contributed by atoms with Gasteiger partial charge in [0.2, 0.25) is 0 Å². The van der Waals surface area contributed by atoms with Crippen molar-refractivity contribution in [1.82, 2.24) is 9.55 Å². The molecule has 1 heterocycles. The molecule has 1 saturated carbocycles. The number of nitrogens with zero attached hydrogens (tertiary/aromatic N) is 2. The van der Waals surface area contributed by atoms with Gasteiger partial charge in [-0.05, 0) is 44.7 Å². The molecule has 3 rings (SSSR count). The summed E-state index contributed by atoms with van der Waals surface area (Å²) in [5.41, 5.74) is 2.39. The monoisotopic (exact) mass is 246 g/mol. The molecule has 1 aromatic carbocycles. The van der Waals surface area contributed by atoms with E-state index in [9.17, 15) is 0 Å². The first-order chi connectivity index (χ1) is 8.25. The summed E-state index contributed by atoms with van der Waals surface area (Å²) >= 11 is 1.92. The van der Waals surface area contributed by atoms with Gasteiger partial charge in [-0.3, -0.25) is 0 Å². The fourth-order valence-electron chi connectivity index (χ4n) is 2.10. The summed E-state index contributed by atoms with van der Waals surface area (Å²) in [7, 11) is 0. The molecule has 0 atom stereocenters. The lowest BCUT2D eigenvalue weighted by molar-refractivity contribution is 0.566. The summed E-state index contributed by atoms with van der Waals surface area (Å²) < 4.78 is 2.36. The highest BCUT2D eigenvalue weighted by atomic mass is 32.2. The lowest BCUT2D eigenvalue weighted by atomic mass is 10.3. The molecule has 1 aliphatic rings. The van der Waals surface area contributed by atoms with Gasteiger partial charge in [0.25, 0.3) is 0 Å². The second-order valence-corrected chi connectivity index (χ2v) is 6.09. The number of rotatable bonds is 4. The van der Waals surface area contributed by atoms with E-state index in [1.807, 2.05) is 11.8 Å². The van der Waals surface area contributed by atoms with E-state index in [1.54, 1.807) is 0 Å². The maximum atomic E-state index is 4.76. The fraction of sp³-hybridized carbons (Fsp3) is 0.500. The molecule has 0 unspecified atom stereocenters. The lowest BCUT2D eigenvalue weighted by Gasteiger charge is -2.12. The lowest BCUT2D eigenvalue weighted by Crippen LogP contribution is -2.02. The van der Waals surface area contributed by atoms with Crippen LogP contribution >= 0.6 is 11.8 Å². The molecule has 0 bridgehead atoms. The van der Waals surface area contributed by atoms with Crippen LogP contribution in [0.25, 0.3) is 11.0 Å². The van der Waals surface area contributed by atoms with Crippen LogP contribution in [0, 0.1) is 5.92 Å². The van der Waals surface area contributed by atoms with E-state index in [0.29, 0.717) is 6.04 Å². The topological polar surface area (TPSA) is 17.8 Å². The number of benzene rings is 1. The highest BCUT2D eigenvalue weighted by Crippen LogP contribution is 2.36. The van der Waals surface area contributed by atoms with Crippen molar-refractivity contribution in [3.63, 3.8) is 0 Å². The number of hydrogen-bond acceptors (Lipinski definition) is 2. The third kappa shape index (κ3) is 2.21. The molecule has 3 heteroatoms. The first kappa shape index (κ1) is 11.1. The Balaban J connectivity index is 1.98. The van der Waals surface area contributed by atoms with Crippen LogP contribution in [-0.4, -0.2) is 15.3 Å². The Morgan fingerprint density at radius 1 is 1.35 bits per heavy atom. The molecule has 1 aliphatic carbocycles. The minimum absolute atomic E-state index is 0.476. The highest BCUT2D eigenvalue weighted by Gasteiger charge is 2.23. The molecule has 0 radical (unpaired) electrons. The maximum Gasteiger partial charge on any atom is 0.169 e. The molecule has 2 nitrogen and oxygen atoms in total. The number of aromatic nitrogens is 2. The van der Waals surface area contributed by atoms with Crippen LogP contribution in [0.1, 0.15) is 32.7 Å². The average Bonchev–Trinajstić information content (AvgIpc) is 3.05. The maximum absolute atomic E-state index is 4.76. The Morgan fingerprint density at radius 2 is 2.12 bits per heavy atom. The van der Waals surface area contributed by atoms with Gasteiger partial charge in [0.1, 0.15) is 0 Å².